The maximum Gasteiger partial charge on any atom is 0.315 e. The molecule has 23 heavy (non-hydrogen) atoms. The summed E-state index contributed by atoms with van der Waals surface area (Å²) in [5.41, 5.74) is 0.904. The van der Waals surface area contributed by atoms with Crippen LogP contribution >= 0.6 is 0 Å². The Bertz CT molecular complexity index is 507. The molecule has 2 amide bonds. The minimum Gasteiger partial charge on any atom is -0.491 e. The fraction of sp³-hybridized carbons (Fsp3) is 0.611. The van der Waals surface area contributed by atoms with Gasteiger partial charge in [0.05, 0.1) is 6.61 Å². The van der Waals surface area contributed by atoms with E-state index in [0.717, 1.165) is 12.0 Å². The van der Waals surface area contributed by atoms with E-state index < -0.39 is 0 Å². The third kappa shape index (κ3) is 5.13. The zero-order valence-corrected chi connectivity index (χ0v) is 14.0. The van der Waals surface area contributed by atoms with Crippen molar-refractivity contribution in [2.24, 2.45) is 11.8 Å². The van der Waals surface area contributed by atoms with Gasteiger partial charge in [0.15, 0.2) is 0 Å². The third-order valence-corrected chi connectivity index (χ3v) is 4.78. The van der Waals surface area contributed by atoms with Gasteiger partial charge >= 0.3 is 6.03 Å². The zero-order valence-electron chi connectivity index (χ0n) is 14.0. The van der Waals surface area contributed by atoms with Gasteiger partial charge < -0.3 is 20.5 Å². The summed E-state index contributed by atoms with van der Waals surface area (Å²) in [6, 6.07) is 7.66. The van der Waals surface area contributed by atoms with E-state index in [1.54, 1.807) is 0 Å². The number of rotatable bonds is 6. The molecule has 3 unspecified atom stereocenters. The fourth-order valence-electron chi connectivity index (χ4n) is 3.13. The highest BCUT2D eigenvalue weighted by molar-refractivity contribution is 5.74. The maximum absolute atomic E-state index is 12.2. The standard InChI is InChI=1S/C18H28N2O3/c1-13-6-5-8-16(14(13)2)20-18(22)19-12-15-7-3-4-9-17(15)23-11-10-21/h3-4,7,9,13-14,16,21H,5-6,8,10-12H2,1-2H3,(H2,19,20,22). The fourth-order valence-corrected chi connectivity index (χ4v) is 3.13. The molecule has 3 atom stereocenters. The molecule has 0 radical (unpaired) electrons. The number of hydrogen-bond acceptors (Lipinski definition) is 3. The van der Waals surface area contributed by atoms with E-state index >= 15 is 0 Å². The number of urea groups is 1. The van der Waals surface area contributed by atoms with E-state index in [-0.39, 0.29) is 25.3 Å². The van der Waals surface area contributed by atoms with Gasteiger partial charge in [-0.05, 0) is 24.3 Å². The summed E-state index contributed by atoms with van der Waals surface area (Å²) in [4.78, 5) is 12.2. The number of nitrogens with one attached hydrogen (secondary N) is 2. The van der Waals surface area contributed by atoms with Gasteiger partial charge in [-0.2, -0.15) is 0 Å². The number of carbonyl (C=O) groups is 1. The van der Waals surface area contributed by atoms with Crippen molar-refractivity contribution in [3.05, 3.63) is 29.8 Å². The molecule has 0 aliphatic heterocycles. The number of para-hydroxylation sites is 1. The predicted molar refractivity (Wildman–Crippen MR) is 90.4 cm³/mol. The van der Waals surface area contributed by atoms with Crippen molar-refractivity contribution in [1.82, 2.24) is 10.6 Å². The van der Waals surface area contributed by atoms with Gasteiger partial charge in [0, 0.05) is 18.2 Å². The van der Waals surface area contributed by atoms with Crippen LogP contribution in [0.3, 0.4) is 0 Å². The van der Waals surface area contributed by atoms with Crippen molar-refractivity contribution >= 4 is 6.03 Å². The number of carbonyl (C=O) groups excluding carboxylic acids is 1. The highest BCUT2D eigenvalue weighted by Gasteiger charge is 2.28. The van der Waals surface area contributed by atoms with Gasteiger partial charge in [-0.15, -0.1) is 0 Å². The molecular formula is C18H28N2O3. The third-order valence-electron chi connectivity index (χ3n) is 4.78. The van der Waals surface area contributed by atoms with Crippen molar-refractivity contribution in [3.8, 4) is 5.75 Å². The van der Waals surface area contributed by atoms with Crippen LogP contribution in [0.4, 0.5) is 4.79 Å². The van der Waals surface area contributed by atoms with Gasteiger partial charge in [-0.1, -0.05) is 44.9 Å². The van der Waals surface area contributed by atoms with Crippen LogP contribution in [0.5, 0.6) is 5.75 Å². The summed E-state index contributed by atoms with van der Waals surface area (Å²) >= 11 is 0. The second kappa shape index (κ2) is 8.77. The number of hydrogen-bond donors (Lipinski definition) is 3. The molecule has 2 rings (SSSR count). The number of aliphatic hydroxyl groups is 1. The smallest absolute Gasteiger partial charge is 0.315 e. The number of aliphatic hydroxyl groups excluding tert-OH is 1. The SMILES string of the molecule is CC1CCCC(NC(=O)NCc2ccccc2OCCO)C1C. The molecule has 1 aliphatic rings. The summed E-state index contributed by atoms with van der Waals surface area (Å²) < 4.78 is 5.48. The van der Waals surface area contributed by atoms with E-state index in [1.165, 1.54) is 12.8 Å². The summed E-state index contributed by atoms with van der Waals surface area (Å²) in [6.07, 6.45) is 3.47. The van der Waals surface area contributed by atoms with Crippen molar-refractivity contribution in [2.45, 2.75) is 45.7 Å². The molecule has 0 aromatic heterocycles. The zero-order chi connectivity index (χ0) is 16.7. The lowest BCUT2D eigenvalue weighted by Gasteiger charge is -2.34. The molecule has 0 bridgehead atoms. The van der Waals surface area contributed by atoms with Crippen LogP contribution in [-0.4, -0.2) is 30.4 Å². The number of amides is 2. The van der Waals surface area contributed by atoms with Gasteiger partial charge in [-0.25, -0.2) is 4.79 Å². The molecule has 3 N–H and O–H groups in total. The summed E-state index contributed by atoms with van der Waals surface area (Å²) in [7, 11) is 0. The van der Waals surface area contributed by atoms with E-state index in [4.69, 9.17) is 9.84 Å². The second-order valence-corrected chi connectivity index (χ2v) is 6.38. The largest absolute Gasteiger partial charge is 0.491 e. The Balaban J connectivity index is 1.84. The molecule has 1 aliphatic carbocycles. The van der Waals surface area contributed by atoms with Gasteiger partial charge in [0.1, 0.15) is 12.4 Å². The quantitative estimate of drug-likeness (QED) is 0.755. The number of benzene rings is 1. The lowest BCUT2D eigenvalue weighted by atomic mass is 9.78. The number of ether oxygens (including phenoxy) is 1. The Morgan fingerprint density at radius 2 is 2.09 bits per heavy atom. The van der Waals surface area contributed by atoms with Crippen LogP contribution in [0.2, 0.25) is 0 Å². The van der Waals surface area contributed by atoms with Crippen LogP contribution in [0.1, 0.15) is 38.7 Å². The van der Waals surface area contributed by atoms with Crippen LogP contribution < -0.4 is 15.4 Å². The van der Waals surface area contributed by atoms with Crippen molar-refractivity contribution in [2.75, 3.05) is 13.2 Å². The minimum atomic E-state index is -0.132. The van der Waals surface area contributed by atoms with Gasteiger partial charge in [0.25, 0.3) is 0 Å². The highest BCUT2D eigenvalue weighted by Crippen LogP contribution is 2.29. The van der Waals surface area contributed by atoms with E-state index in [2.05, 4.69) is 24.5 Å². The molecule has 0 spiro atoms. The Kier molecular flexibility index (Phi) is 6.71. The Morgan fingerprint density at radius 3 is 2.87 bits per heavy atom. The first-order valence-corrected chi connectivity index (χ1v) is 8.47. The van der Waals surface area contributed by atoms with E-state index in [9.17, 15) is 4.79 Å². The summed E-state index contributed by atoms with van der Waals surface area (Å²) in [5, 5.41) is 14.9. The first-order chi connectivity index (χ1) is 11.1. The Morgan fingerprint density at radius 1 is 1.30 bits per heavy atom. The topological polar surface area (TPSA) is 70.6 Å². The highest BCUT2D eigenvalue weighted by atomic mass is 16.5. The minimum absolute atomic E-state index is 0.0278. The van der Waals surface area contributed by atoms with Crippen LogP contribution in [-0.2, 0) is 6.54 Å². The normalized spacial score (nSPS) is 24.0. The average molecular weight is 320 g/mol. The van der Waals surface area contributed by atoms with Gasteiger partial charge in [0.2, 0.25) is 0 Å². The Labute approximate surface area is 138 Å². The van der Waals surface area contributed by atoms with Gasteiger partial charge in [-0.3, -0.25) is 0 Å². The molecular weight excluding hydrogens is 292 g/mol. The van der Waals surface area contributed by atoms with Crippen LogP contribution in [0.15, 0.2) is 24.3 Å². The molecule has 1 aromatic rings. The van der Waals surface area contributed by atoms with Crippen molar-refractivity contribution in [3.63, 3.8) is 0 Å². The lowest BCUT2D eigenvalue weighted by molar-refractivity contribution is 0.194. The molecule has 0 saturated heterocycles. The Hall–Kier alpha value is -1.75. The van der Waals surface area contributed by atoms with Crippen molar-refractivity contribution in [1.29, 1.82) is 0 Å². The maximum atomic E-state index is 12.2. The predicted octanol–water partition coefficient (Wildman–Crippen LogP) is 2.68. The van der Waals surface area contributed by atoms with E-state index in [0.29, 0.717) is 24.1 Å². The molecule has 5 nitrogen and oxygen atoms in total. The van der Waals surface area contributed by atoms with Crippen LogP contribution in [0, 0.1) is 11.8 Å². The summed E-state index contributed by atoms with van der Waals surface area (Å²) in [6.45, 7) is 5.10. The molecule has 1 aromatic carbocycles. The first kappa shape index (κ1) is 17.6. The lowest BCUT2D eigenvalue weighted by Crippen LogP contribution is -2.47. The summed E-state index contributed by atoms with van der Waals surface area (Å²) in [5.74, 6) is 1.86. The molecule has 1 saturated carbocycles. The molecule has 5 heteroatoms. The molecule has 0 heterocycles. The molecule has 128 valence electrons. The average Bonchev–Trinajstić information content (AvgIpc) is 2.56. The second-order valence-electron chi connectivity index (χ2n) is 6.38. The van der Waals surface area contributed by atoms with Crippen molar-refractivity contribution < 1.29 is 14.6 Å². The first-order valence-electron chi connectivity index (χ1n) is 8.47. The monoisotopic (exact) mass is 320 g/mol. The van der Waals surface area contributed by atoms with E-state index in [1.807, 2.05) is 24.3 Å². The van der Waals surface area contributed by atoms with Crippen LogP contribution in [0.25, 0.3) is 0 Å². The molecule has 1 fully saturated rings.